The van der Waals surface area contributed by atoms with Crippen LogP contribution in [0.3, 0.4) is 0 Å². The number of carbonyl (C=O) groups is 1. The summed E-state index contributed by atoms with van der Waals surface area (Å²) in [5.74, 6) is -0.0110. The number of sulfonamides is 1. The van der Waals surface area contributed by atoms with Gasteiger partial charge in [0.2, 0.25) is 15.9 Å². The summed E-state index contributed by atoms with van der Waals surface area (Å²) in [4.78, 5) is 16.4. The van der Waals surface area contributed by atoms with Gasteiger partial charge in [-0.1, -0.05) is 24.3 Å². The van der Waals surface area contributed by atoms with Gasteiger partial charge in [0.1, 0.15) is 0 Å². The van der Waals surface area contributed by atoms with Crippen molar-refractivity contribution >= 4 is 21.6 Å². The molecule has 0 saturated carbocycles. The third-order valence-corrected chi connectivity index (χ3v) is 8.34. The fourth-order valence-corrected chi connectivity index (χ4v) is 6.29. The van der Waals surface area contributed by atoms with E-state index >= 15 is 0 Å². The topological polar surface area (TPSA) is 60.9 Å². The molecule has 0 N–H and O–H groups in total. The van der Waals surface area contributed by atoms with Gasteiger partial charge >= 0.3 is 0 Å². The number of anilines is 1. The van der Waals surface area contributed by atoms with Crippen molar-refractivity contribution in [3.8, 4) is 0 Å². The first-order valence-electron chi connectivity index (χ1n) is 11.0. The highest BCUT2D eigenvalue weighted by Gasteiger charge is 2.32. The van der Waals surface area contributed by atoms with Gasteiger partial charge in [0.25, 0.3) is 0 Å². The average molecular weight is 442 g/mol. The van der Waals surface area contributed by atoms with E-state index in [2.05, 4.69) is 30.0 Å². The second-order valence-electron chi connectivity index (χ2n) is 8.69. The molecule has 2 aromatic carbocycles. The Morgan fingerprint density at radius 1 is 1.06 bits per heavy atom. The van der Waals surface area contributed by atoms with Gasteiger partial charge in [-0.05, 0) is 68.1 Å². The Hall–Kier alpha value is -2.22. The molecular weight excluding hydrogens is 410 g/mol. The van der Waals surface area contributed by atoms with Gasteiger partial charge < -0.3 is 4.90 Å². The van der Waals surface area contributed by atoms with Crippen molar-refractivity contribution in [3.05, 3.63) is 59.2 Å². The van der Waals surface area contributed by atoms with E-state index in [-0.39, 0.29) is 11.9 Å². The van der Waals surface area contributed by atoms with Gasteiger partial charge in [0.05, 0.1) is 4.90 Å². The minimum Gasteiger partial charge on any atom is -0.309 e. The van der Waals surface area contributed by atoms with Crippen molar-refractivity contribution in [1.29, 1.82) is 0 Å². The molecule has 2 heterocycles. The fourth-order valence-electron chi connectivity index (χ4n) is 4.77. The van der Waals surface area contributed by atoms with Crippen LogP contribution in [0.1, 0.15) is 37.0 Å². The van der Waals surface area contributed by atoms with E-state index in [1.54, 1.807) is 34.3 Å². The molecule has 0 bridgehead atoms. The molecule has 0 aromatic heterocycles. The highest BCUT2D eigenvalue weighted by atomic mass is 32.2. The maximum Gasteiger partial charge on any atom is 0.243 e. The Labute approximate surface area is 185 Å². The smallest absolute Gasteiger partial charge is 0.243 e. The van der Waals surface area contributed by atoms with Crippen LogP contribution in [-0.4, -0.2) is 55.8 Å². The first-order valence-corrected chi connectivity index (χ1v) is 12.4. The Kier molecular flexibility index (Phi) is 6.19. The molecule has 7 heteroatoms. The number of aryl methyl sites for hydroxylation is 1. The summed E-state index contributed by atoms with van der Waals surface area (Å²) in [6.45, 7) is 9.12. The van der Waals surface area contributed by atoms with E-state index in [1.807, 2.05) is 13.0 Å². The predicted molar refractivity (Wildman–Crippen MR) is 123 cm³/mol. The normalized spacial score (nSPS) is 20.5. The molecule has 2 aliphatic rings. The number of fused-ring (bicyclic) bond motifs is 1. The van der Waals surface area contributed by atoms with Crippen molar-refractivity contribution < 1.29 is 13.2 Å². The van der Waals surface area contributed by atoms with Gasteiger partial charge in [0.15, 0.2) is 0 Å². The Balaban J connectivity index is 1.49. The average Bonchev–Trinajstić information content (AvgIpc) is 2.88. The maximum atomic E-state index is 13.4. The Bertz CT molecular complexity index is 1080. The zero-order chi connectivity index (χ0) is 22.2. The number of nitrogens with zero attached hydrogens (tertiary/aromatic N) is 3. The molecular formula is C24H31N3O3S. The van der Waals surface area contributed by atoms with Crippen LogP contribution in [0.25, 0.3) is 0 Å². The van der Waals surface area contributed by atoms with Gasteiger partial charge in [-0.25, -0.2) is 8.42 Å². The van der Waals surface area contributed by atoms with Gasteiger partial charge in [-0.15, -0.1) is 0 Å². The molecule has 31 heavy (non-hydrogen) atoms. The number of hydrogen-bond acceptors (Lipinski definition) is 4. The summed E-state index contributed by atoms with van der Waals surface area (Å²) in [5.41, 5.74) is 4.32. The van der Waals surface area contributed by atoms with Gasteiger partial charge in [0, 0.05) is 44.8 Å². The number of benzene rings is 2. The molecule has 166 valence electrons. The lowest BCUT2D eigenvalue weighted by molar-refractivity contribution is -0.116. The first-order chi connectivity index (χ1) is 14.8. The van der Waals surface area contributed by atoms with Crippen molar-refractivity contribution in [3.63, 3.8) is 0 Å². The summed E-state index contributed by atoms with van der Waals surface area (Å²) in [5, 5.41) is 0. The van der Waals surface area contributed by atoms with E-state index in [4.69, 9.17) is 0 Å². The summed E-state index contributed by atoms with van der Waals surface area (Å²) >= 11 is 0. The molecule has 1 atom stereocenters. The van der Waals surface area contributed by atoms with Crippen LogP contribution in [0.5, 0.6) is 0 Å². The summed E-state index contributed by atoms with van der Waals surface area (Å²) < 4.78 is 28.4. The molecule has 2 aromatic rings. The quantitative estimate of drug-likeness (QED) is 0.731. The van der Waals surface area contributed by atoms with Crippen molar-refractivity contribution in [1.82, 2.24) is 9.21 Å². The van der Waals surface area contributed by atoms with Crippen LogP contribution in [-0.2, 0) is 27.8 Å². The largest absolute Gasteiger partial charge is 0.309 e. The van der Waals surface area contributed by atoms with Crippen molar-refractivity contribution in [2.24, 2.45) is 0 Å². The van der Waals surface area contributed by atoms with Crippen LogP contribution in [0.2, 0.25) is 0 Å². The van der Waals surface area contributed by atoms with E-state index in [0.29, 0.717) is 31.0 Å². The number of rotatable bonds is 4. The minimum absolute atomic E-state index is 0.0110. The zero-order valence-corrected chi connectivity index (χ0v) is 19.4. The van der Waals surface area contributed by atoms with Gasteiger partial charge in [-0.2, -0.15) is 4.31 Å². The summed E-state index contributed by atoms with van der Waals surface area (Å²) in [6, 6.07) is 13.6. The molecule has 1 amide bonds. The maximum absolute atomic E-state index is 13.4. The predicted octanol–water partition coefficient (Wildman–Crippen LogP) is 3.19. The van der Waals surface area contributed by atoms with Crippen LogP contribution in [0, 0.1) is 6.92 Å². The lowest BCUT2D eigenvalue weighted by Crippen LogP contribution is -2.35. The van der Waals surface area contributed by atoms with Crippen LogP contribution in [0.4, 0.5) is 5.69 Å². The number of amides is 1. The summed E-state index contributed by atoms with van der Waals surface area (Å²) in [7, 11) is -3.56. The van der Waals surface area contributed by atoms with Crippen LogP contribution < -0.4 is 4.90 Å². The SMILES string of the molecule is CC(=O)N1c2ccc(S(=O)(=O)N3CCCN(Cc4ccccc4C)CC3)cc2CC1C. The molecule has 0 radical (unpaired) electrons. The van der Waals surface area contributed by atoms with E-state index < -0.39 is 10.0 Å². The standard InChI is InChI=1S/C24H31N3O3S/c1-18-7-4-5-8-21(18)17-25-11-6-12-26(14-13-25)31(29,30)23-9-10-24-22(16-23)15-19(2)27(24)20(3)28/h4-5,7-10,16,19H,6,11-15,17H2,1-3H3. The molecule has 0 spiro atoms. The first kappa shape index (κ1) is 22.0. The van der Waals surface area contributed by atoms with Crippen molar-refractivity contribution in [2.45, 2.75) is 51.1 Å². The van der Waals surface area contributed by atoms with E-state index in [0.717, 1.165) is 30.8 Å². The molecule has 6 nitrogen and oxygen atoms in total. The number of hydrogen-bond donors (Lipinski definition) is 0. The molecule has 1 unspecified atom stereocenters. The summed E-state index contributed by atoms with van der Waals surface area (Å²) in [6.07, 6.45) is 1.49. The Morgan fingerprint density at radius 3 is 2.58 bits per heavy atom. The second kappa shape index (κ2) is 8.73. The molecule has 0 aliphatic carbocycles. The fraction of sp³-hybridized carbons (Fsp3) is 0.458. The third kappa shape index (κ3) is 4.40. The second-order valence-corrected chi connectivity index (χ2v) is 10.6. The highest BCUT2D eigenvalue weighted by Crippen LogP contribution is 2.34. The monoisotopic (exact) mass is 441 g/mol. The highest BCUT2D eigenvalue weighted by molar-refractivity contribution is 7.89. The van der Waals surface area contributed by atoms with Crippen LogP contribution >= 0.6 is 0 Å². The van der Waals surface area contributed by atoms with Gasteiger partial charge in [-0.3, -0.25) is 9.69 Å². The van der Waals surface area contributed by atoms with Crippen molar-refractivity contribution in [2.75, 3.05) is 31.1 Å². The van der Waals surface area contributed by atoms with E-state index in [1.165, 1.54) is 11.1 Å². The molecule has 1 fully saturated rings. The van der Waals surface area contributed by atoms with Crippen LogP contribution in [0.15, 0.2) is 47.4 Å². The molecule has 2 aliphatic heterocycles. The zero-order valence-electron chi connectivity index (χ0n) is 18.5. The third-order valence-electron chi connectivity index (χ3n) is 6.45. The van der Waals surface area contributed by atoms with E-state index in [9.17, 15) is 13.2 Å². The minimum atomic E-state index is -3.56. The lowest BCUT2D eigenvalue weighted by Gasteiger charge is -2.23. The molecule has 4 rings (SSSR count). The lowest BCUT2D eigenvalue weighted by atomic mass is 10.1. The Morgan fingerprint density at radius 2 is 1.84 bits per heavy atom. The number of carbonyl (C=O) groups excluding carboxylic acids is 1. The molecule has 1 saturated heterocycles.